The van der Waals surface area contributed by atoms with E-state index in [1.165, 1.54) is 16.7 Å². The summed E-state index contributed by atoms with van der Waals surface area (Å²) >= 11 is 1.40. The van der Waals surface area contributed by atoms with Gasteiger partial charge in [-0.2, -0.15) is 0 Å². The van der Waals surface area contributed by atoms with Gasteiger partial charge in [0.05, 0.1) is 36.6 Å². The lowest BCUT2D eigenvalue weighted by molar-refractivity contribution is -0.163. The lowest BCUT2D eigenvalue weighted by Gasteiger charge is -2.46. The lowest BCUT2D eigenvalue weighted by atomic mass is 9.79. The van der Waals surface area contributed by atoms with E-state index in [1.54, 1.807) is 19.1 Å². The summed E-state index contributed by atoms with van der Waals surface area (Å²) in [5.74, 6) is -2.57. The van der Waals surface area contributed by atoms with E-state index in [0.717, 1.165) is 25.7 Å². The number of aliphatic imine (C=N–C) groups is 1. The molecule has 12 nitrogen and oxygen atoms in total. The Balaban J connectivity index is 1.03. The van der Waals surface area contributed by atoms with E-state index in [9.17, 15) is 29.4 Å². The Bertz CT molecular complexity index is 1340. The normalized spacial score (nSPS) is 30.6. The van der Waals surface area contributed by atoms with Crippen LogP contribution in [0, 0.1) is 23.7 Å². The second-order valence-corrected chi connectivity index (χ2v) is 14.0. The molecule has 13 heteroatoms. The zero-order valence-corrected chi connectivity index (χ0v) is 27.2. The Morgan fingerprint density at radius 1 is 1.20 bits per heavy atom. The number of aliphatic hydroxyl groups is 1. The van der Waals surface area contributed by atoms with Gasteiger partial charge >= 0.3 is 5.97 Å². The van der Waals surface area contributed by atoms with Crippen molar-refractivity contribution in [2.75, 3.05) is 26.3 Å². The number of hydrogen-bond donors (Lipinski definition) is 5. The average molecular weight is 656 g/mol. The highest BCUT2D eigenvalue weighted by Crippen LogP contribution is 2.51. The molecule has 5 rings (SSSR count). The molecule has 2 saturated heterocycles. The van der Waals surface area contributed by atoms with Gasteiger partial charge < -0.3 is 35.8 Å². The number of nitrogens with zero attached hydrogens (tertiary/aromatic N) is 2. The molecule has 4 heterocycles. The molecule has 0 aromatic rings. The highest BCUT2D eigenvalue weighted by molar-refractivity contribution is 8.03. The molecule has 0 spiro atoms. The average Bonchev–Trinajstić information content (AvgIpc) is 3.60. The third kappa shape index (κ3) is 7.81. The fraction of sp³-hybridized carbons (Fsp3) is 0.606. The quantitative estimate of drug-likeness (QED) is 0.131. The summed E-state index contributed by atoms with van der Waals surface area (Å²) < 4.78 is 5.68. The molecule has 3 unspecified atom stereocenters. The van der Waals surface area contributed by atoms with Crippen molar-refractivity contribution in [1.82, 2.24) is 20.9 Å². The Morgan fingerprint density at radius 2 is 2.02 bits per heavy atom. The lowest BCUT2D eigenvalue weighted by Crippen LogP contribution is -2.63. The number of β-lactam (4-membered cyclic amide) rings is 1. The van der Waals surface area contributed by atoms with Crippen LogP contribution in [0.5, 0.6) is 0 Å². The van der Waals surface area contributed by atoms with Gasteiger partial charge in [-0.3, -0.25) is 19.4 Å². The van der Waals surface area contributed by atoms with Crippen molar-refractivity contribution in [3.05, 3.63) is 46.8 Å². The number of carboxylic acid groups (broad SMARTS) is 1. The number of carbonyl (C=O) groups excluding carboxylic acids is 3. The third-order valence-electron chi connectivity index (χ3n) is 9.27. The minimum absolute atomic E-state index is 0.00981. The fourth-order valence-electron chi connectivity index (χ4n) is 6.84. The van der Waals surface area contributed by atoms with Gasteiger partial charge in [0.25, 0.3) is 0 Å². The highest BCUT2D eigenvalue weighted by Gasteiger charge is 2.60. The predicted octanol–water partition coefficient (Wildman–Crippen LogP) is 2.09. The number of amides is 3. The Hall–Kier alpha value is -3.26. The first-order valence-electron chi connectivity index (χ1n) is 16.3. The summed E-state index contributed by atoms with van der Waals surface area (Å²) in [5, 5.41) is 29.0. The maximum atomic E-state index is 13.1. The molecule has 0 bridgehead atoms. The van der Waals surface area contributed by atoms with Crippen LogP contribution in [-0.2, 0) is 23.9 Å². The second kappa shape index (κ2) is 15.6. The Kier molecular flexibility index (Phi) is 11.5. The van der Waals surface area contributed by atoms with Gasteiger partial charge in [-0.05, 0) is 57.1 Å². The van der Waals surface area contributed by atoms with Crippen molar-refractivity contribution in [3.63, 3.8) is 0 Å². The summed E-state index contributed by atoms with van der Waals surface area (Å²) in [6.45, 7) is 5.47. The third-order valence-corrected chi connectivity index (χ3v) is 10.8. The van der Waals surface area contributed by atoms with Crippen molar-refractivity contribution >= 4 is 41.7 Å². The summed E-state index contributed by atoms with van der Waals surface area (Å²) in [5.41, 5.74) is 0.556. The van der Waals surface area contributed by atoms with E-state index in [1.807, 2.05) is 25.4 Å². The van der Waals surface area contributed by atoms with Crippen molar-refractivity contribution in [3.8, 4) is 0 Å². The number of nitrogens with one attached hydrogen (secondary N) is 3. The van der Waals surface area contributed by atoms with Gasteiger partial charge in [0.1, 0.15) is 5.70 Å². The number of fused-ring (bicyclic) bond motifs is 1. The van der Waals surface area contributed by atoms with Crippen LogP contribution in [0.1, 0.15) is 52.4 Å². The predicted molar refractivity (Wildman–Crippen MR) is 174 cm³/mol. The van der Waals surface area contributed by atoms with Crippen molar-refractivity contribution in [2.45, 2.75) is 75.8 Å². The van der Waals surface area contributed by atoms with Gasteiger partial charge in [-0.15, -0.1) is 11.8 Å². The first-order valence-corrected chi connectivity index (χ1v) is 17.1. The number of allylic oxidation sites excluding steroid dienone is 3. The zero-order chi connectivity index (χ0) is 32.8. The number of ether oxygens (including phenoxy) is 1. The Labute approximate surface area is 273 Å². The first-order chi connectivity index (χ1) is 22.2. The highest BCUT2D eigenvalue weighted by atomic mass is 32.2. The number of thioether (sulfide) groups is 1. The van der Waals surface area contributed by atoms with E-state index in [-0.39, 0.29) is 40.6 Å². The summed E-state index contributed by atoms with van der Waals surface area (Å²) in [7, 11) is 0. The molecule has 4 aliphatic heterocycles. The number of rotatable bonds is 15. The molecular weight excluding hydrogens is 610 g/mol. The van der Waals surface area contributed by atoms with Gasteiger partial charge in [0, 0.05) is 53.9 Å². The molecule has 3 amide bonds. The van der Waals surface area contributed by atoms with E-state index >= 15 is 0 Å². The van der Waals surface area contributed by atoms with Crippen LogP contribution in [0.3, 0.4) is 0 Å². The van der Waals surface area contributed by atoms with Gasteiger partial charge in [-0.1, -0.05) is 25.5 Å². The van der Waals surface area contributed by atoms with Crippen LogP contribution in [0.25, 0.3) is 0 Å². The molecule has 5 N–H and O–H groups in total. The molecule has 5 aliphatic rings. The second-order valence-electron chi connectivity index (χ2n) is 12.6. The maximum Gasteiger partial charge on any atom is 0.353 e. The molecule has 0 saturated carbocycles. The number of carboxylic acids is 1. The number of carbonyl (C=O) groups is 4. The van der Waals surface area contributed by atoms with Crippen LogP contribution < -0.4 is 16.0 Å². The van der Waals surface area contributed by atoms with Crippen LogP contribution >= 0.6 is 11.8 Å². The zero-order valence-electron chi connectivity index (χ0n) is 26.4. The van der Waals surface area contributed by atoms with E-state index in [4.69, 9.17) is 4.74 Å². The standard InChI is InChI=1S/C33H45N5O7S/c1-19-27-26(20(2)39)32(42)38(27)28(33(43)44)29(19)46-24-16-25(36-18-24)31(41)37-23-10-5-9-22(15-23)30(40)35-12-14-45-13-4-3-7-21-8-6-11-34-17-21/h5-6,10-11,15,17,19-22,24-27,36,39H,3-4,7-9,12-14,16,18H2,1-2H3,(H,35,40)(H,37,41)(H,43,44)/t19-,20-,21?,22?,24+,25+,26-,27?/m1/s1. The molecule has 8 atom stereocenters. The molecule has 250 valence electrons. The smallest absolute Gasteiger partial charge is 0.353 e. The van der Waals surface area contributed by atoms with Crippen LogP contribution in [0.15, 0.2) is 51.8 Å². The van der Waals surface area contributed by atoms with Crippen molar-refractivity contribution < 1.29 is 34.1 Å². The summed E-state index contributed by atoms with van der Waals surface area (Å²) in [6, 6.07) is -0.854. The number of unbranched alkanes of at least 4 members (excludes halogenated alkanes) is 1. The van der Waals surface area contributed by atoms with E-state index in [2.05, 4.69) is 27.0 Å². The number of aliphatic carboxylic acids is 1. The Morgan fingerprint density at radius 3 is 2.76 bits per heavy atom. The minimum atomic E-state index is -1.16. The molecule has 0 radical (unpaired) electrons. The van der Waals surface area contributed by atoms with Crippen LogP contribution in [-0.4, -0.2) is 94.8 Å². The molecule has 2 fully saturated rings. The topological polar surface area (TPSA) is 170 Å². The minimum Gasteiger partial charge on any atom is -0.477 e. The SMILES string of the molecule is C[C@H]1C(S[C@@H]2CN[C@H](C(=O)NC3=CC(C(=O)NCCOCCCCC4C=NC=CC4)CC=C3)C2)=C(C(=O)O)N2C(=O)[C@H]([C@@H](C)O)C12. The first kappa shape index (κ1) is 34.1. The van der Waals surface area contributed by atoms with Gasteiger partial charge in [0.2, 0.25) is 17.7 Å². The summed E-state index contributed by atoms with van der Waals surface area (Å²) in [4.78, 5) is 56.7. The molecule has 1 aliphatic carbocycles. The molecular formula is C33H45N5O7S. The maximum absolute atomic E-state index is 13.1. The van der Waals surface area contributed by atoms with E-state index < -0.39 is 30.0 Å². The van der Waals surface area contributed by atoms with Crippen molar-refractivity contribution in [1.29, 1.82) is 0 Å². The van der Waals surface area contributed by atoms with E-state index in [0.29, 0.717) is 55.7 Å². The van der Waals surface area contributed by atoms with Gasteiger partial charge in [0.15, 0.2) is 0 Å². The van der Waals surface area contributed by atoms with Crippen molar-refractivity contribution in [2.24, 2.45) is 28.7 Å². The molecule has 0 aromatic heterocycles. The molecule has 46 heavy (non-hydrogen) atoms. The number of hydrogen-bond acceptors (Lipinski definition) is 9. The van der Waals surface area contributed by atoms with Crippen LogP contribution in [0.2, 0.25) is 0 Å². The largest absolute Gasteiger partial charge is 0.477 e. The van der Waals surface area contributed by atoms with Gasteiger partial charge in [-0.25, -0.2) is 4.79 Å². The fourth-order valence-corrected chi connectivity index (χ4v) is 8.32. The summed E-state index contributed by atoms with van der Waals surface area (Å²) in [6.07, 6.45) is 15.8. The number of aliphatic hydroxyl groups excluding tert-OH is 1. The van der Waals surface area contributed by atoms with Crippen LogP contribution in [0.4, 0.5) is 0 Å². The monoisotopic (exact) mass is 655 g/mol. The molecule has 0 aromatic carbocycles.